The van der Waals surface area contributed by atoms with Crippen molar-refractivity contribution >= 4 is 16.9 Å². The number of nitrogens with zero attached hydrogens (tertiary/aromatic N) is 2. The van der Waals surface area contributed by atoms with Crippen LogP contribution in [-0.4, -0.2) is 29.7 Å². The van der Waals surface area contributed by atoms with Crippen LogP contribution < -0.4 is 10.4 Å². The second kappa shape index (κ2) is 5.73. The second-order valence-corrected chi connectivity index (χ2v) is 4.34. The van der Waals surface area contributed by atoms with E-state index in [1.54, 1.807) is 20.1 Å². The highest BCUT2D eigenvalue weighted by molar-refractivity contribution is 5.82. The van der Waals surface area contributed by atoms with Gasteiger partial charge in [0.2, 0.25) is 0 Å². The number of esters is 1. The number of ether oxygens (including phenoxy) is 2. The molecular formula is C14H16N2O4. The molecule has 0 bridgehead atoms. The maximum atomic E-state index is 12.0. The molecule has 0 spiro atoms. The normalized spacial score (nSPS) is 10.6. The molecule has 6 heteroatoms. The van der Waals surface area contributed by atoms with Gasteiger partial charge in [-0.05, 0) is 19.1 Å². The largest absolute Gasteiger partial charge is 0.497 e. The fourth-order valence-corrected chi connectivity index (χ4v) is 2.06. The van der Waals surface area contributed by atoms with Crippen LogP contribution in [0.15, 0.2) is 23.0 Å². The third-order valence-electron chi connectivity index (χ3n) is 3.15. The fraction of sp³-hybridized carbons (Fsp3) is 0.357. The molecule has 0 saturated carbocycles. The zero-order valence-electron chi connectivity index (χ0n) is 11.7. The van der Waals surface area contributed by atoms with Crippen molar-refractivity contribution in [2.75, 3.05) is 14.2 Å². The van der Waals surface area contributed by atoms with Gasteiger partial charge in [0.1, 0.15) is 5.75 Å². The van der Waals surface area contributed by atoms with Gasteiger partial charge in [0.15, 0.2) is 0 Å². The Kier molecular flexibility index (Phi) is 4.02. The Balaban J connectivity index is 2.56. The molecule has 6 nitrogen and oxygen atoms in total. The van der Waals surface area contributed by atoms with Crippen LogP contribution in [0.3, 0.4) is 0 Å². The number of benzene rings is 1. The number of hydrogen-bond acceptors (Lipinski definition) is 5. The maximum absolute atomic E-state index is 12.0. The molecule has 0 amide bonds. The molecule has 20 heavy (non-hydrogen) atoms. The van der Waals surface area contributed by atoms with Crippen LogP contribution in [0.5, 0.6) is 5.75 Å². The van der Waals surface area contributed by atoms with Crippen LogP contribution in [0.25, 0.3) is 10.9 Å². The van der Waals surface area contributed by atoms with Crippen LogP contribution in [0.2, 0.25) is 0 Å². The van der Waals surface area contributed by atoms with Crippen molar-refractivity contribution < 1.29 is 14.3 Å². The number of aryl methyl sites for hydroxylation is 2. The number of hydrogen-bond donors (Lipinski definition) is 0. The predicted octanol–water partition coefficient (Wildman–Crippen LogP) is 1.28. The van der Waals surface area contributed by atoms with Gasteiger partial charge in [-0.2, -0.15) is 4.98 Å². The summed E-state index contributed by atoms with van der Waals surface area (Å²) >= 11 is 0. The lowest BCUT2D eigenvalue weighted by Crippen LogP contribution is -2.25. The average Bonchev–Trinajstić information content (AvgIpc) is 2.45. The summed E-state index contributed by atoms with van der Waals surface area (Å²) in [7, 11) is 2.88. The number of fused-ring (bicyclic) bond motifs is 1. The Morgan fingerprint density at radius 3 is 2.75 bits per heavy atom. The highest BCUT2D eigenvalue weighted by atomic mass is 16.5. The van der Waals surface area contributed by atoms with Crippen LogP contribution in [0.4, 0.5) is 0 Å². The lowest BCUT2D eigenvalue weighted by Gasteiger charge is -2.11. The van der Waals surface area contributed by atoms with Gasteiger partial charge in [-0.3, -0.25) is 9.36 Å². The molecular weight excluding hydrogens is 260 g/mol. The highest BCUT2D eigenvalue weighted by Crippen LogP contribution is 2.21. The molecule has 1 heterocycles. The minimum Gasteiger partial charge on any atom is -0.497 e. The Morgan fingerprint density at radius 1 is 1.35 bits per heavy atom. The maximum Gasteiger partial charge on any atom is 0.348 e. The molecule has 2 rings (SSSR count). The third kappa shape index (κ3) is 2.64. The quantitative estimate of drug-likeness (QED) is 0.787. The van der Waals surface area contributed by atoms with Crippen LogP contribution in [0.1, 0.15) is 12.1 Å². The topological polar surface area (TPSA) is 70.4 Å². The molecule has 0 aliphatic rings. The van der Waals surface area contributed by atoms with Gasteiger partial charge in [0, 0.05) is 18.0 Å². The summed E-state index contributed by atoms with van der Waals surface area (Å²) < 4.78 is 11.2. The highest BCUT2D eigenvalue weighted by Gasteiger charge is 2.10. The first-order valence-electron chi connectivity index (χ1n) is 6.19. The lowest BCUT2D eigenvalue weighted by molar-refractivity contribution is -0.140. The first kappa shape index (κ1) is 14.0. The van der Waals surface area contributed by atoms with Crippen LogP contribution in [0, 0.1) is 6.92 Å². The first-order chi connectivity index (χ1) is 9.56. The average molecular weight is 276 g/mol. The SMILES string of the molecule is COC(=O)CCn1c(=O)nc(C)c2ccc(OC)cc21. The Labute approximate surface area is 116 Å². The van der Waals surface area contributed by atoms with E-state index in [0.717, 1.165) is 5.39 Å². The van der Waals surface area contributed by atoms with Gasteiger partial charge in [0.25, 0.3) is 0 Å². The minimum absolute atomic E-state index is 0.119. The molecule has 0 atom stereocenters. The van der Waals surface area contributed by atoms with E-state index >= 15 is 0 Å². The van der Waals surface area contributed by atoms with Crippen LogP contribution >= 0.6 is 0 Å². The number of carbonyl (C=O) groups is 1. The molecule has 0 aliphatic carbocycles. The Hall–Kier alpha value is -2.37. The van der Waals surface area contributed by atoms with E-state index in [-0.39, 0.29) is 24.6 Å². The van der Waals surface area contributed by atoms with E-state index < -0.39 is 0 Å². The zero-order valence-corrected chi connectivity index (χ0v) is 11.7. The standard InChI is InChI=1S/C14H16N2O4/c1-9-11-5-4-10(19-2)8-12(11)16(14(18)15-9)7-6-13(17)20-3/h4-5,8H,6-7H2,1-3H3. The van der Waals surface area contributed by atoms with Crippen molar-refractivity contribution in [3.63, 3.8) is 0 Å². The number of rotatable bonds is 4. The van der Waals surface area contributed by atoms with Crippen molar-refractivity contribution in [1.82, 2.24) is 9.55 Å². The van der Waals surface area contributed by atoms with Crippen LogP contribution in [-0.2, 0) is 16.1 Å². The van der Waals surface area contributed by atoms with Gasteiger partial charge in [-0.1, -0.05) is 0 Å². The van der Waals surface area contributed by atoms with E-state index in [1.165, 1.54) is 11.7 Å². The van der Waals surface area contributed by atoms with E-state index in [0.29, 0.717) is 17.0 Å². The van der Waals surface area contributed by atoms with Gasteiger partial charge in [0.05, 0.1) is 31.9 Å². The first-order valence-corrected chi connectivity index (χ1v) is 6.19. The Morgan fingerprint density at radius 2 is 2.10 bits per heavy atom. The molecule has 1 aromatic carbocycles. The van der Waals surface area contributed by atoms with Crippen molar-refractivity contribution in [2.24, 2.45) is 0 Å². The number of aromatic nitrogens is 2. The van der Waals surface area contributed by atoms with E-state index in [4.69, 9.17) is 4.74 Å². The van der Waals surface area contributed by atoms with Gasteiger partial charge >= 0.3 is 11.7 Å². The summed E-state index contributed by atoms with van der Waals surface area (Å²) in [6.45, 7) is 2.00. The summed E-state index contributed by atoms with van der Waals surface area (Å²) in [5, 5.41) is 0.857. The molecule has 0 saturated heterocycles. The molecule has 0 fully saturated rings. The van der Waals surface area contributed by atoms with Gasteiger partial charge < -0.3 is 9.47 Å². The van der Waals surface area contributed by atoms with E-state index in [1.807, 2.05) is 12.1 Å². The number of methoxy groups -OCH3 is 2. The monoisotopic (exact) mass is 276 g/mol. The number of carbonyl (C=O) groups excluding carboxylic acids is 1. The molecule has 0 unspecified atom stereocenters. The summed E-state index contributed by atoms with van der Waals surface area (Å²) in [6.07, 6.45) is 0.119. The second-order valence-electron chi connectivity index (χ2n) is 4.34. The smallest absolute Gasteiger partial charge is 0.348 e. The molecule has 106 valence electrons. The fourth-order valence-electron chi connectivity index (χ4n) is 2.06. The van der Waals surface area contributed by atoms with Gasteiger partial charge in [-0.25, -0.2) is 4.79 Å². The summed E-state index contributed by atoms with van der Waals surface area (Å²) in [6, 6.07) is 5.43. The molecule has 0 radical (unpaired) electrons. The minimum atomic E-state index is -0.382. The van der Waals surface area contributed by atoms with E-state index in [2.05, 4.69) is 9.72 Å². The van der Waals surface area contributed by atoms with Crippen molar-refractivity contribution in [1.29, 1.82) is 0 Å². The zero-order chi connectivity index (χ0) is 14.7. The molecule has 0 aliphatic heterocycles. The van der Waals surface area contributed by atoms with E-state index in [9.17, 15) is 9.59 Å². The molecule has 1 aromatic heterocycles. The predicted molar refractivity (Wildman–Crippen MR) is 73.9 cm³/mol. The molecule has 2 aromatic rings. The molecule has 0 N–H and O–H groups in total. The van der Waals surface area contributed by atoms with Crippen molar-refractivity contribution in [3.05, 3.63) is 34.4 Å². The lowest BCUT2D eigenvalue weighted by atomic mass is 10.2. The summed E-state index contributed by atoms with van der Waals surface area (Å²) in [4.78, 5) is 27.2. The van der Waals surface area contributed by atoms with Crippen molar-refractivity contribution in [2.45, 2.75) is 19.9 Å². The van der Waals surface area contributed by atoms with Gasteiger partial charge in [-0.15, -0.1) is 0 Å². The summed E-state index contributed by atoms with van der Waals surface area (Å²) in [5.41, 5.74) is 0.972. The third-order valence-corrected chi connectivity index (χ3v) is 3.15. The van der Waals surface area contributed by atoms with Crippen molar-refractivity contribution in [3.8, 4) is 5.75 Å². The summed E-state index contributed by atoms with van der Waals surface area (Å²) in [5.74, 6) is 0.280. The Bertz CT molecular complexity index is 706.